The van der Waals surface area contributed by atoms with Crippen molar-refractivity contribution in [1.29, 1.82) is 0 Å². The van der Waals surface area contributed by atoms with Gasteiger partial charge in [-0.2, -0.15) is 0 Å². The molecule has 2 unspecified atom stereocenters. The predicted octanol–water partition coefficient (Wildman–Crippen LogP) is 2.80. The molecule has 1 saturated carbocycles. The Labute approximate surface area is 76.1 Å². The first-order chi connectivity index (χ1) is 5.86. The van der Waals surface area contributed by atoms with E-state index in [-0.39, 0.29) is 0 Å². The minimum atomic E-state index is 0.945. The molecule has 0 bridgehead atoms. The molecule has 0 N–H and O–H groups in total. The average molecular weight is 167 g/mol. The summed E-state index contributed by atoms with van der Waals surface area (Å²) in [5, 5.41) is 0. The summed E-state index contributed by atoms with van der Waals surface area (Å²) in [6, 6.07) is 2.87. The second kappa shape index (κ2) is 3.37. The van der Waals surface area contributed by atoms with E-state index >= 15 is 0 Å². The zero-order valence-corrected chi connectivity index (χ0v) is 8.42. The van der Waals surface area contributed by atoms with Crippen LogP contribution in [-0.4, -0.2) is 23.0 Å². The minimum absolute atomic E-state index is 0.945. The van der Waals surface area contributed by atoms with Gasteiger partial charge in [0.1, 0.15) is 0 Å². The van der Waals surface area contributed by atoms with E-state index in [0.717, 1.165) is 18.1 Å². The molecule has 2 fully saturated rings. The van der Waals surface area contributed by atoms with Crippen LogP contribution in [-0.2, 0) is 0 Å². The van der Waals surface area contributed by atoms with Crippen LogP contribution in [0.4, 0.5) is 0 Å². The van der Waals surface area contributed by atoms with Crippen molar-refractivity contribution in [2.45, 2.75) is 70.5 Å². The summed E-state index contributed by atoms with van der Waals surface area (Å²) < 4.78 is 0. The molecule has 1 nitrogen and oxygen atoms in total. The van der Waals surface area contributed by atoms with Crippen LogP contribution in [0.2, 0.25) is 0 Å². The van der Waals surface area contributed by atoms with Gasteiger partial charge in [-0.05, 0) is 32.1 Å². The van der Waals surface area contributed by atoms with Gasteiger partial charge in [0.2, 0.25) is 0 Å². The number of nitrogens with zero attached hydrogens (tertiary/aromatic N) is 1. The summed E-state index contributed by atoms with van der Waals surface area (Å²) in [5.41, 5.74) is 0. The SMILES string of the molecule is CCC1CC(CC)N1C1CCC1. The predicted molar refractivity (Wildman–Crippen MR) is 52.3 cm³/mol. The van der Waals surface area contributed by atoms with Crippen LogP contribution in [0.15, 0.2) is 0 Å². The Hall–Kier alpha value is -0.0400. The van der Waals surface area contributed by atoms with Crippen molar-refractivity contribution < 1.29 is 0 Å². The summed E-state index contributed by atoms with van der Waals surface area (Å²) in [7, 11) is 0. The average Bonchev–Trinajstić information content (AvgIpc) is 1.96. The van der Waals surface area contributed by atoms with Crippen molar-refractivity contribution in [1.82, 2.24) is 4.90 Å². The number of likely N-dealkylation sites (tertiary alicyclic amines) is 1. The Balaban J connectivity index is 1.89. The van der Waals surface area contributed by atoms with Crippen molar-refractivity contribution in [3.8, 4) is 0 Å². The van der Waals surface area contributed by atoms with Gasteiger partial charge >= 0.3 is 0 Å². The molecular weight excluding hydrogens is 146 g/mol. The second-order valence-corrected chi connectivity index (χ2v) is 4.39. The van der Waals surface area contributed by atoms with Gasteiger partial charge in [-0.1, -0.05) is 20.3 Å². The van der Waals surface area contributed by atoms with E-state index in [1.54, 1.807) is 0 Å². The normalized spacial score (nSPS) is 37.5. The van der Waals surface area contributed by atoms with Crippen molar-refractivity contribution >= 4 is 0 Å². The third-order valence-corrected chi connectivity index (χ3v) is 3.83. The van der Waals surface area contributed by atoms with Crippen LogP contribution < -0.4 is 0 Å². The maximum Gasteiger partial charge on any atom is 0.0113 e. The van der Waals surface area contributed by atoms with Crippen molar-refractivity contribution in [3.05, 3.63) is 0 Å². The van der Waals surface area contributed by atoms with Crippen LogP contribution in [0.3, 0.4) is 0 Å². The lowest BCUT2D eigenvalue weighted by Gasteiger charge is -2.55. The summed E-state index contributed by atoms with van der Waals surface area (Å²) in [5.74, 6) is 0. The van der Waals surface area contributed by atoms with Gasteiger partial charge in [-0.15, -0.1) is 0 Å². The van der Waals surface area contributed by atoms with Crippen molar-refractivity contribution in [3.63, 3.8) is 0 Å². The smallest absolute Gasteiger partial charge is 0.0113 e. The molecule has 1 heteroatoms. The molecular formula is C11H21N. The molecule has 0 spiro atoms. The number of hydrogen-bond acceptors (Lipinski definition) is 1. The first kappa shape index (κ1) is 8.55. The standard InChI is InChI=1S/C11H21N/c1-3-9-8-10(4-2)12(9)11-6-5-7-11/h9-11H,3-8H2,1-2H3. The quantitative estimate of drug-likeness (QED) is 0.624. The van der Waals surface area contributed by atoms with Crippen LogP contribution in [0, 0.1) is 0 Å². The molecule has 0 amide bonds. The topological polar surface area (TPSA) is 3.24 Å². The Bertz CT molecular complexity index is 134. The fourth-order valence-corrected chi connectivity index (χ4v) is 2.75. The molecule has 1 aliphatic heterocycles. The molecule has 2 rings (SSSR count). The van der Waals surface area contributed by atoms with Gasteiger partial charge in [-0.3, -0.25) is 4.90 Å². The van der Waals surface area contributed by atoms with Crippen molar-refractivity contribution in [2.24, 2.45) is 0 Å². The molecule has 1 aliphatic carbocycles. The molecule has 70 valence electrons. The third kappa shape index (κ3) is 1.19. The summed E-state index contributed by atoms with van der Waals surface area (Å²) >= 11 is 0. The zero-order chi connectivity index (χ0) is 8.55. The third-order valence-electron chi connectivity index (χ3n) is 3.83. The van der Waals surface area contributed by atoms with Crippen LogP contribution in [0.5, 0.6) is 0 Å². The minimum Gasteiger partial charge on any atom is -0.294 e. The lowest BCUT2D eigenvalue weighted by molar-refractivity contribution is -0.0552. The summed E-state index contributed by atoms with van der Waals surface area (Å²) in [6.07, 6.45) is 8.65. The van der Waals surface area contributed by atoms with Gasteiger partial charge in [0.15, 0.2) is 0 Å². The summed E-state index contributed by atoms with van der Waals surface area (Å²) in [4.78, 5) is 2.81. The van der Waals surface area contributed by atoms with Gasteiger partial charge < -0.3 is 0 Å². The monoisotopic (exact) mass is 167 g/mol. The fraction of sp³-hybridized carbons (Fsp3) is 1.00. The molecule has 0 aromatic heterocycles. The summed E-state index contributed by atoms with van der Waals surface area (Å²) in [6.45, 7) is 4.67. The highest BCUT2D eigenvalue weighted by Gasteiger charge is 2.41. The highest BCUT2D eigenvalue weighted by Crippen LogP contribution is 2.38. The van der Waals surface area contributed by atoms with Gasteiger partial charge in [-0.25, -0.2) is 0 Å². The highest BCUT2D eigenvalue weighted by atomic mass is 15.3. The molecule has 1 heterocycles. The molecule has 0 aromatic rings. The Morgan fingerprint density at radius 3 is 2.00 bits per heavy atom. The lowest BCUT2D eigenvalue weighted by Crippen LogP contribution is -2.61. The van der Waals surface area contributed by atoms with E-state index in [4.69, 9.17) is 0 Å². The largest absolute Gasteiger partial charge is 0.294 e. The number of rotatable bonds is 3. The first-order valence-electron chi connectivity index (χ1n) is 5.64. The van der Waals surface area contributed by atoms with Crippen LogP contribution >= 0.6 is 0 Å². The van der Waals surface area contributed by atoms with E-state index in [1.807, 2.05) is 0 Å². The molecule has 0 aromatic carbocycles. The van der Waals surface area contributed by atoms with Crippen LogP contribution in [0.25, 0.3) is 0 Å². The van der Waals surface area contributed by atoms with E-state index in [2.05, 4.69) is 18.7 Å². The van der Waals surface area contributed by atoms with E-state index in [9.17, 15) is 0 Å². The molecule has 0 radical (unpaired) electrons. The molecule has 12 heavy (non-hydrogen) atoms. The zero-order valence-electron chi connectivity index (χ0n) is 8.42. The van der Waals surface area contributed by atoms with Gasteiger partial charge in [0, 0.05) is 18.1 Å². The van der Waals surface area contributed by atoms with E-state index < -0.39 is 0 Å². The van der Waals surface area contributed by atoms with Gasteiger partial charge in [0.05, 0.1) is 0 Å². The first-order valence-corrected chi connectivity index (χ1v) is 5.64. The maximum atomic E-state index is 2.81. The Kier molecular flexibility index (Phi) is 2.40. The fourth-order valence-electron chi connectivity index (χ4n) is 2.75. The Morgan fingerprint density at radius 1 is 1.08 bits per heavy atom. The van der Waals surface area contributed by atoms with E-state index in [0.29, 0.717) is 0 Å². The molecule has 2 atom stereocenters. The van der Waals surface area contributed by atoms with Crippen LogP contribution in [0.1, 0.15) is 52.4 Å². The lowest BCUT2D eigenvalue weighted by atomic mass is 9.80. The second-order valence-electron chi connectivity index (χ2n) is 4.39. The molecule has 2 aliphatic rings. The number of hydrogen-bond donors (Lipinski definition) is 0. The maximum absolute atomic E-state index is 2.81. The van der Waals surface area contributed by atoms with Gasteiger partial charge in [0.25, 0.3) is 0 Å². The Morgan fingerprint density at radius 2 is 1.67 bits per heavy atom. The van der Waals surface area contributed by atoms with E-state index in [1.165, 1.54) is 38.5 Å². The molecule has 1 saturated heterocycles. The highest BCUT2D eigenvalue weighted by molar-refractivity contribution is 4.97. The van der Waals surface area contributed by atoms with Crippen molar-refractivity contribution in [2.75, 3.05) is 0 Å².